The minimum atomic E-state index is -0.255. The summed E-state index contributed by atoms with van der Waals surface area (Å²) >= 11 is 0. The van der Waals surface area contributed by atoms with Gasteiger partial charge in [0.25, 0.3) is 0 Å². The normalized spacial score (nSPS) is 36.1. The first-order valence-corrected chi connectivity index (χ1v) is 6.34. The van der Waals surface area contributed by atoms with Crippen LogP contribution in [-0.2, 0) is 15.1 Å². The lowest BCUT2D eigenvalue weighted by molar-refractivity contribution is -0.149. The Morgan fingerprint density at radius 2 is 2.24 bits per heavy atom. The number of ether oxygens (including phenoxy) is 2. The van der Waals surface area contributed by atoms with E-state index in [1.165, 1.54) is 11.3 Å². The van der Waals surface area contributed by atoms with Crippen molar-refractivity contribution in [3.63, 3.8) is 0 Å². The average molecular weight is 236 g/mol. The fourth-order valence-corrected chi connectivity index (χ4v) is 2.96. The number of hydrogen-bond acceptors (Lipinski definition) is 3. The molecule has 0 aliphatic carbocycles. The zero-order valence-corrected chi connectivity index (χ0v) is 10.9. The fraction of sp³-hybridized carbons (Fsp3) is 0.769. The molecule has 0 N–H and O–H groups in total. The third kappa shape index (κ3) is 1.40. The summed E-state index contributed by atoms with van der Waals surface area (Å²) in [5.41, 5.74) is 2.18. The van der Waals surface area contributed by atoms with Gasteiger partial charge in [0.05, 0.1) is 25.1 Å². The second kappa shape index (κ2) is 3.56. The Bertz CT molecular complexity index is 441. The Balaban J connectivity index is 2.16. The number of fused-ring (bicyclic) bond motifs is 3. The zero-order valence-electron chi connectivity index (χ0n) is 10.9. The highest BCUT2D eigenvalue weighted by Gasteiger charge is 2.48. The summed E-state index contributed by atoms with van der Waals surface area (Å²) in [6.07, 6.45) is 2.09. The van der Waals surface area contributed by atoms with E-state index in [2.05, 4.69) is 37.5 Å². The standard InChI is InChI=1S/C13H20N2O2/c1-8(2)13(4)12-9(3)5-14-15(12)10-6-16-7-11(10)17-13/h5,8,10-11H,6-7H2,1-4H3. The summed E-state index contributed by atoms with van der Waals surface area (Å²) in [7, 11) is 0. The molecule has 2 aliphatic heterocycles. The molecule has 1 saturated heterocycles. The number of aromatic nitrogens is 2. The fourth-order valence-electron chi connectivity index (χ4n) is 2.96. The van der Waals surface area contributed by atoms with Crippen molar-refractivity contribution in [2.75, 3.05) is 13.2 Å². The highest BCUT2D eigenvalue weighted by molar-refractivity contribution is 5.26. The summed E-state index contributed by atoms with van der Waals surface area (Å²) < 4.78 is 14.0. The van der Waals surface area contributed by atoms with Crippen molar-refractivity contribution in [3.05, 3.63) is 17.5 Å². The van der Waals surface area contributed by atoms with Gasteiger partial charge in [-0.3, -0.25) is 4.68 Å². The topological polar surface area (TPSA) is 36.3 Å². The minimum absolute atomic E-state index is 0.147. The highest BCUT2D eigenvalue weighted by atomic mass is 16.6. The van der Waals surface area contributed by atoms with Crippen LogP contribution in [0.3, 0.4) is 0 Å². The molecule has 0 bridgehead atoms. The molecule has 0 radical (unpaired) electrons. The van der Waals surface area contributed by atoms with E-state index in [1.807, 2.05) is 6.20 Å². The molecular weight excluding hydrogens is 216 g/mol. The van der Waals surface area contributed by atoms with Gasteiger partial charge in [-0.25, -0.2) is 0 Å². The van der Waals surface area contributed by atoms with Crippen molar-refractivity contribution in [1.29, 1.82) is 0 Å². The molecule has 0 aromatic carbocycles. The van der Waals surface area contributed by atoms with Gasteiger partial charge in [-0.15, -0.1) is 0 Å². The second-order valence-electron chi connectivity index (χ2n) is 5.64. The quantitative estimate of drug-likeness (QED) is 0.748. The van der Waals surface area contributed by atoms with Gasteiger partial charge in [0.15, 0.2) is 0 Å². The van der Waals surface area contributed by atoms with Gasteiger partial charge in [0.1, 0.15) is 17.7 Å². The average Bonchev–Trinajstić information content (AvgIpc) is 2.84. The van der Waals surface area contributed by atoms with Crippen molar-refractivity contribution >= 4 is 0 Å². The van der Waals surface area contributed by atoms with Crippen LogP contribution < -0.4 is 0 Å². The molecule has 3 atom stereocenters. The van der Waals surface area contributed by atoms with Crippen LogP contribution in [0.25, 0.3) is 0 Å². The summed E-state index contributed by atoms with van der Waals surface area (Å²) in [5.74, 6) is 0.415. The van der Waals surface area contributed by atoms with Crippen LogP contribution >= 0.6 is 0 Å². The van der Waals surface area contributed by atoms with Crippen LogP contribution in [-0.4, -0.2) is 29.1 Å². The summed E-state index contributed by atoms with van der Waals surface area (Å²) in [6.45, 7) is 10.1. The molecule has 1 aromatic heterocycles. The molecular formula is C13H20N2O2. The predicted octanol–water partition coefficient (Wildman–Crippen LogP) is 2.03. The Morgan fingerprint density at radius 1 is 1.47 bits per heavy atom. The van der Waals surface area contributed by atoms with Crippen molar-refractivity contribution in [2.45, 2.75) is 45.4 Å². The molecule has 4 heteroatoms. The van der Waals surface area contributed by atoms with Gasteiger partial charge in [-0.1, -0.05) is 13.8 Å². The van der Waals surface area contributed by atoms with E-state index in [9.17, 15) is 0 Å². The third-order valence-corrected chi connectivity index (χ3v) is 4.26. The number of hydrogen-bond donors (Lipinski definition) is 0. The van der Waals surface area contributed by atoms with E-state index >= 15 is 0 Å². The highest BCUT2D eigenvalue weighted by Crippen LogP contribution is 2.44. The molecule has 17 heavy (non-hydrogen) atoms. The Labute approximate surface area is 102 Å². The van der Waals surface area contributed by atoms with Crippen LogP contribution in [0.4, 0.5) is 0 Å². The van der Waals surface area contributed by atoms with Crippen molar-refractivity contribution in [1.82, 2.24) is 9.78 Å². The lowest BCUT2D eigenvalue weighted by Crippen LogP contribution is -2.47. The maximum absolute atomic E-state index is 6.34. The van der Waals surface area contributed by atoms with Gasteiger partial charge in [-0.2, -0.15) is 5.10 Å². The van der Waals surface area contributed by atoms with Gasteiger partial charge >= 0.3 is 0 Å². The molecule has 0 amide bonds. The Kier molecular flexibility index (Phi) is 2.35. The van der Waals surface area contributed by atoms with Crippen LogP contribution in [0.5, 0.6) is 0 Å². The Hall–Kier alpha value is -0.870. The Morgan fingerprint density at radius 3 is 2.94 bits per heavy atom. The first-order chi connectivity index (χ1) is 8.04. The second-order valence-corrected chi connectivity index (χ2v) is 5.64. The first-order valence-electron chi connectivity index (χ1n) is 6.34. The molecule has 3 heterocycles. The van der Waals surface area contributed by atoms with Gasteiger partial charge in [0.2, 0.25) is 0 Å². The molecule has 4 nitrogen and oxygen atoms in total. The van der Waals surface area contributed by atoms with E-state index in [1.54, 1.807) is 0 Å². The molecule has 3 unspecified atom stereocenters. The van der Waals surface area contributed by atoms with Crippen molar-refractivity contribution in [3.8, 4) is 0 Å². The molecule has 0 saturated carbocycles. The molecule has 0 spiro atoms. The van der Waals surface area contributed by atoms with E-state index < -0.39 is 0 Å². The number of aryl methyl sites for hydroxylation is 1. The summed E-state index contributed by atoms with van der Waals surface area (Å²) in [4.78, 5) is 0. The molecule has 2 aliphatic rings. The van der Waals surface area contributed by atoms with Gasteiger partial charge in [-0.05, 0) is 25.3 Å². The summed E-state index contributed by atoms with van der Waals surface area (Å²) in [5, 5.41) is 4.53. The van der Waals surface area contributed by atoms with E-state index in [4.69, 9.17) is 9.47 Å². The smallest absolute Gasteiger partial charge is 0.110 e. The molecule has 1 aromatic rings. The maximum atomic E-state index is 6.34. The SMILES string of the molecule is Cc1cnn2c1C(C)(C(C)C)OC1COCC12. The number of rotatable bonds is 1. The van der Waals surface area contributed by atoms with Crippen LogP contribution in [0.1, 0.15) is 38.1 Å². The monoisotopic (exact) mass is 236 g/mol. The zero-order chi connectivity index (χ0) is 12.2. The lowest BCUT2D eigenvalue weighted by atomic mass is 9.85. The third-order valence-electron chi connectivity index (χ3n) is 4.26. The van der Waals surface area contributed by atoms with E-state index in [-0.39, 0.29) is 17.7 Å². The van der Waals surface area contributed by atoms with Crippen LogP contribution in [0, 0.1) is 12.8 Å². The van der Waals surface area contributed by atoms with Gasteiger partial charge < -0.3 is 9.47 Å². The van der Waals surface area contributed by atoms with Crippen molar-refractivity contribution < 1.29 is 9.47 Å². The minimum Gasteiger partial charge on any atom is -0.376 e. The molecule has 3 rings (SSSR count). The number of nitrogens with zero attached hydrogens (tertiary/aromatic N) is 2. The molecule has 1 fully saturated rings. The van der Waals surface area contributed by atoms with Crippen LogP contribution in [0.2, 0.25) is 0 Å². The summed E-state index contributed by atoms with van der Waals surface area (Å²) in [6, 6.07) is 0.255. The van der Waals surface area contributed by atoms with Crippen molar-refractivity contribution in [2.24, 2.45) is 5.92 Å². The van der Waals surface area contributed by atoms with E-state index in [0.717, 1.165) is 0 Å². The predicted molar refractivity (Wildman–Crippen MR) is 63.9 cm³/mol. The van der Waals surface area contributed by atoms with E-state index in [0.29, 0.717) is 19.1 Å². The molecule has 94 valence electrons. The van der Waals surface area contributed by atoms with Crippen LogP contribution in [0.15, 0.2) is 6.20 Å². The lowest BCUT2D eigenvalue weighted by Gasteiger charge is -2.43. The maximum Gasteiger partial charge on any atom is 0.110 e. The van der Waals surface area contributed by atoms with Gasteiger partial charge in [0, 0.05) is 0 Å². The first kappa shape index (κ1) is 11.2. The largest absolute Gasteiger partial charge is 0.376 e.